The van der Waals surface area contributed by atoms with Crippen LogP contribution in [0.1, 0.15) is 28.0 Å². The van der Waals surface area contributed by atoms with Crippen LogP contribution < -0.4 is 25.4 Å². The van der Waals surface area contributed by atoms with E-state index < -0.39 is 20.0 Å². The van der Waals surface area contributed by atoms with Crippen LogP contribution in [-0.4, -0.2) is 160 Å². The van der Waals surface area contributed by atoms with E-state index in [1.165, 1.54) is 39.0 Å². The van der Waals surface area contributed by atoms with Gasteiger partial charge in [-0.15, -0.1) is 11.3 Å². The van der Waals surface area contributed by atoms with Crippen molar-refractivity contribution in [1.82, 2.24) is 23.8 Å². The number of anilines is 1. The lowest BCUT2D eigenvalue weighted by atomic mass is 10.1. The summed E-state index contributed by atoms with van der Waals surface area (Å²) in [6, 6.07) is 26.1. The van der Waals surface area contributed by atoms with Gasteiger partial charge in [-0.25, -0.2) is 16.8 Å². The van der Waals surface area contributed by atoms with Crippen LogP contribution in [0.15, 0.2) is 119 Å². The van der Waals surface area contributed by atoms with Crippen molar-refractivity contribution in [1.29, 1.82) is 0 Å². The number of aromatic nitrogens is 1. The highest BCUT2D eigenvalue weighted by molar-refractivity contribution is 7.89. The molecule has 19 nitrogen and oxygen atoms in total. The first kappa shape index (κ1) is 54.1. The van der Waals surface area contributed by atoms with Crippen molar-refractivity contribution < 1.29 is 59.6 Å². The number of carbonyl (C=O) groups excluding carboxylic acids is 3. The number of nitrogens with zero attached hydrogens (tertiary/aromatic N) is 3. The zero-order chi connectivity index (χ0) is 51.9. The highest BCUT2D eigenvalue weighted by Crippen LogP contribution is 2.36. The third kappa shape index (κ3) is 13.5. The monoisotopic (exact) mass is 1070 g/mol. The molecule has 22 heteroatoms. The van der Waals surface area contributed by atoms with Crippen molar-refractivity contribution in [3.8, 4) is 21.9 Å². The molecule has 8 rings (SSSR count). The molecule has 2 aliphatic heterocycles. The quantitative estimate of drug-likeness (QED) is 0.0444. The molecule has 394 valence electrons. The molecule has 0 atom stereocenters. The molecule has 0 unspecified atom stereocenters. The van der Waals surface area contributed by atoms with Crippen molar-refractivity contribution >= 4 is 76.6 Å². The third-order valence-electron chi connectivity index (χ3n) is 12.2. The van der Waals surface area contributed by atoms with Gasteiger partial charge in [-0.05, 0) is 84.1 Å². The maximum Gasteiger partial charge on any atom is 0.254 e. The van der Waals surface area contributed by atoms with E-state index in [1.807, 2.05) is 35.7 Å². The van der Waals surface area contributed by atoms with Crippen LogP contribution in [0.5, 0.6) is 11.5 Å². The lowest BCUT2D eigenvalue weighted by molar-refractivity contribution is -0.121. The number of ether oxygens (including phenoxy) is 6. The lowest BCUT2D eigenvalue weighted by Crippen LogP contribution is -2.37. The van der Waals surface area contributed by atoms with Crippen LogP contribution in [0.3, 0.4) is 0 Å². The van der Waals surface area contributed by atoms with Gasteiger partial charge in [0, 0.05) is 85.2 Å². The highest BCUT2D eigenvalue weighted by Gasteiger charge is 2.33. The number of amides is 2. The molecule has 4 aromatic carbocycles. The number of hydrogen-bond donors (Lipinski definition) is 3. The molecule has 74 heavy (non-hydrogen) atoms. The van der Waals surface area contributed by atoms with Gasteiger partial charge in [-0.1, -0.05) is 30.8 Å². The number of allylic oxidation sites excluding steroid dienone is 1. The summed E-state index contributed by atoms with van der Waals surface area (Å²) in [6.45, 7) is 8.29. The maximum absolute atomic E-state index is 13.7. The van der Waals surface area contributed by atoms with E-state index in [2.05, 4.69) is 22.5 Å². The van der Waals surface area contributed by atoms with Gasteiger partial charge in [0.25, 0.3) is 11.8 Å². The fourth-order valence-corrected chi connectivity index (χ4v) is 12.2. The number of nitrogens with one attached hydrogen (secondary N) is 3. The van der Waals surface area contributed by atoms with Crippen LogP contribution in [0.2, 0.25) is 0 Å². The normalized spacial score (nSPS) is 14.4. The van der Waals surface area contributed by atoms with E-state index in [9.17, 15) is 31.2 Å². The largest absolute Gasteiger partial charge is 0.486 e. The Balaban J connectivity index is 0.635. The molecule has 0 spiro atoms. The minimum Gasteiger partial charge on any atom is -0.486 e. The molecule has 2 amide bonds. The van der Waals surface area contributed by atoms with E-state index in [-0.39, 0.29) is 66.7 Å². The molecular formula is C52H60N6O13S3. The molecule has 0 radical (unpaired) electrons. The van der Waals surface area contributed by atoms with Gasteiger partial charge >= 0.3 is 0 Å². The summed E-state index contributed by atoms with van der Waals surface area (Å²) in [5, 5.41) is 12.5. The van der Waals surface area contributed by atoms with Crippen LogP contribution >= 0.6 is 11.3 Å². The highest BCUT2D eigenvalue weighted by atomic mass is 32.2. The van der Waals surface area contributed by atoms with Crippen LogP contribution in [0.25, 0.3) is 32.2 Å². The number of rotatable bonds is 26. The molecule has 6 aromatic rings. The van der Waals surface area contributed by atoms with Crippen molar-refractivity contribution in [3.63, 3.8) is 0 Å². The molecule has 2 aromatic heterocycles. The Morgan fingerprint density at radius 2 is 1.30 bits per heavy atom. The summed E-state index contributed by atoms with van der Waals surface area (Å²) in [6.07, 6.45) is 1.75. The molecular weight excluding hydrogens is 1010 g/mol. The van der Waals surface area contributed by atoms with E-state index in [1.54, 1.807) is 52.3 Å². The average molecular weight is 1070 g/mol. The Morgan fingerprint density at radius 3 is 1.97 bits per heavy atom. The Bertz CT molecular complexity index is 3150. The number of fused-ring (bicyclic) bond motifs is 4. The van der Waals surface area contributed by atoms with Gasteiger partial charge in [-0.3, -0.25) is 19.0 Å². The number of thiophene rings is 1. The zero-order valence-electron chi connectivity index (χ0n) is 40.8. The van der Waals surface area contributed by atoms with Crippen LogP contribution in [-0.2, 0) is 43.8 Å². The van der Waals surface area contributed by atoms with E-state index in [4.69, 9.17) is 28.4 Å². The standard InChI is InChI=1S/C52H60N6O13S3/c1-2-51(60)58-45-13-10-39(34-44(45)43-12-9-38(35-46(43)58)49-8-4-33-72-49)52(61)55-18-24-67-26-28-69-30-29-68-27-25-66-23-17-54-50(59)15-16-53-40-6-3-7-41(36-40)73(62,63)56-19-5-20-57(22-21-56)74(64,65)42-11-14-47-48(37-42)71-32-31-70-47/h2-4,6-14,33-37,53H,1,5,15-32H2,(H,54,59)(H,55,61). The summed E-state index contributed by atoms with van der Waals surface area (Å²) < 4.78 is 92.0. The third-order valence-corrected chi connectivity index (χ3v) is 16.9. The minimum absolute atomic E-state index is 0.0124. The maximum atomic E-state index is 13.7. The van der Waals surface area contributed by atoms with Crippen molar-refractivity contribution in [2.45, 2.75) is 22.6 Å². The first-order chi connectivity index (χ1) is 35.9. The Kier molecular flexibility index (Phi) is 18.9. The molecule has 1 saturated heterocycles. The van der Waals surface area contributed by atoms with E-state index >= 15 is 0 Å². The van der Waals surface area contributed by atoms with Gasteiger partial charge < -0.3 is 44.4 Å². The fourth-order valence-electron chi connectivity index (χ4n) is 8.46. The number of carbonyl (C=O) groups is 3. The topological polar surface area (TPSA) is 222 Å². The van der Waals surface area contributed by atoms with Crippen LogP contribution in [0, 0.1) is 0 Å². The second-order valence-electron chi connectivity index (χ2n) is 17.0. The first-order valence-corrected chi connectivity index (χ1v) is 28.1. The molecule has 4 heterocycles. The summed E-state index contributed by atoms with van der Waals surface area (Å²) in [4.78, 5) is 39.7. The zero-order valence-corrected chi connectivity index (χ0v) is 43.3. The Morgan fingerprint density at radius 1 is 0.635 bits per heavy atom. The number of benzene rings is 4. The Labute approximate surface area is 434 Å². The second kappa shape index (κ2) is 25.8. The van der Waals surface area contributed by atoms with Crippen LogP contribution in [0.4, 0.5) is 5.69 Å². The van der Waals surface area contributed by atoms with E-state index in [0.717, 1.165) is 26.7 Å². The van der Waals surface area contributed by atoms with Crippen molar-refractivity contribution in [2.75, 3.05) is 117 Å². The number of sulfonamides is 2. The number of hydrogen-bond acceptors (Lipinski definition) is 15. The smallest absolute Gasteiger partial charge is 0.254 e. The molecule has 0 aliphatic carbocycles. The summed E-state index contributed by atoms with van der Waals surface area (Å²) in [7, 11) is -7.85. The Hall–Kier alpha value is -6.21. The summed E-state index contributed by atoms with van der Waals surface area (Å²) in [5.41, 5.74) is 3.46. The molecule has 2 aliphatic rings. The first-order valence-electron chi connectivity index (χ1n) is 24.3. The van der Waals surface area contributed by atoms with E-state index in [0.29, 0.717) is 114 Å². The summed E-state index contributed by atoms with van der Waals surface area (Å²) >= 11 is 1.62. The van der Waals surface area contributed by atoms with Gasteiger partial charge in [0.15, 0.2) is 11.5 Å². The SMILES string of the molecule is C=CC(=O)n1c2ccc(C(=O)NCCOCCOCCOCCOCCNC(=O)CCNc3cccc(S(=O)(=O)N4CCCN(S(=O)(=O)c5ccc6c(c5)OCCO6)CC4)c3)cc2c2ccc(-c3cccs3)cc21. The fraction of sp³-hybridized carbons (Fsp3) is 0.365. The van der Waals surface area contributed by atoms with Crippen molar-refractivity contribution in [2.24, 2.45) is 0 Å². The van der Waals surface area contributed by atoms with Gasteiger partial charge in [-0.2, -0.15) is 8.61 Å². The lowest BCUT2D eigenvalue weighted by Gasteiger charge is -2.23. The minimum atomic E-state index is -3.94. The summed E-state index contributed by atoms with van der Waals surface area (Å²) in [5.74, 6) is 0.142. The average Bonchev–Trinajstić information content (AvgIpc) is 3.99. The molecule has 0 saturated carbocycles. The van der Waals surface area contributed by atoms with Crippen molar-refractivity contribution in [3.05, 3.63) is 115 Å². The van der Waals surface area contributed by atoms with Gasteiger partial charge in [0.2, 0.25) is 26.0 Å². The molecule has 0 bridgehead atoms. The second-order valence-corrected chi connectivity index (χ2v) is 21.9. The molecule has 3 N–H and O–H groups in total. The predicted octanol–water partition coefficient (Wildman–Crippen LogP) is 5.62. The van der Waals surface area contributed by atoms with Gasteiger partial charge in [0.05, 0.1) is 73.7 Å². The van der Waals surface area contributed by atoms with Gasteiger partial charge in [0.1, 0.15) is 13.2 Å². The molecule has 1 fully saturated rings. The predicted molar refractivity (Wildman–Crippen MR) is 281 cm³/mol.